The maximum Gasteiger partial charge on any atom is 0.319 e. The van der Waals surface area contributed by atoms with Crippen LogP contribution in [0.1, 0.15) is 6.42 Å². The minimum Gasteiger partial charge on any atom is -0.381 e. The van der Waals surface area contributed by atoms with Crippen molar-refractivity contribution in [3.8, 4) is 0 Å². The van der Waals surface area contributed by atoms with Crippen LogP contribution >= 0.6 is 11.6 Å². The van der Waals surface area contributed by atoms with Crippen LogP contribution in [0, 0.1) is 5.92 Å². The van der Waals surface area contributed by atoms with E-state index in [2.05, 4.69) is 15.5 Å². The zero-order valence-electron chi connectivity index (χ0n) is 13.7. The molecule has 1 aromatic carbocycles. The molecule has 0 radical (unpaired) electrons. The van der Waals surface area contributed by atoms with Crippen LogP contribution in [-0.2, 0) is 9.47 Å². The fraction of sp³-hybridized carbons (Fsp3) is 0.588. The molecule has 2 saturated heterocycles. The van der Waals surface area contributed by atoms with Crippen molar-refractivity contribution in [1.82, 2.24) is 10.2 Å². The standard InChI is InChI=1S/C17H24ClN3O3/c18-14-1-3-15(4-2-14)20-17(22)19-11-16(13-5-8-24-12-13)21-6-9-23-10-7-21/h1-4,13,16H,5-12H2,(H2,19,20,22). The van der Waals surface area contributed by atoms with Crippen molar-refractivity contribution in [3.63, 3.8) is 0 Å². The van der Waals surface area contributed by atoms with Gasteiger partial charge in [0.2, 0.25) is 0 Å². The van der Waals surface area contributed by atoms with Crippen molar-refractivity contribution >= 4 is 23.3 Å². The third-order valence-corrected chi connectivity index (χ3v) is 4.85. The smallest absolute Gasteiger partial charge is 0.319 e. The van der Waals surface area contributed by atoms with E-state index in [0.717, 1.165) is 51.6 Å². The normalized spacial score (nSPS) is 23.0. The lowest BCUT2D eigenvalue weighted by Gasteiger charge is -2.37. The number of morpholine rings is 1. The first-order valence-electron chi connectivity index (χ1n) is 8.42. The molecule has 0 aliphatic carbocycles. The summed E-state index contributed by atoms with van der Waals surface area (Å²) in [5.74, 6) is 0.457. The van der Waals surface area contributed by atoms with Gasteiger partial charge in [0.15, 0.2) is 0 Å². The molecule has 2 aliphatic rings. The number of halogens is 1. The predicted octanol–water partition coefficient (Wildman–Crippen LogP) is 2.20. The highest BCUT2D eigenvalue weighted by Gasteiger charge is 2.31. The molecular weight excluding hydrogens is 330 g/mol. The monoisotopic (exact) mass is 353 g/mol. The number of nitrogens with zero attached hydrogens (tertiary/aromatic N) is 1. The number of carbonyl (C=O) groups is 1. The first-order valence-corrected chi connectivity index (χ1v) is 8.80. The number of ether oxygens (including phenoxy) is 2. The molecule has 0 bridgehead atoms. The largest absolute Gasteiger partial charge is 0.381 e. The van der Waals surface area contributed by atoms with Crippen LogP contribution in [0.2, 0.25) is 5.02 Å². The number of nitrogens with one attached hydrogen (secondary N) is 2. The van der Waals surface area contributed by atoms with Crippen LogP contribution in [0.15, 0.2) is 24.3 Å². The summed E-state index contributed by atoms with van der Waals surface area (Å²) < 4.78 is 11.0. The molecule has 2 N–H and O–H groups in total. The summed E-state index contributed by atoms with van der Waals surface area (Å²) in [5, 5.41) is 6.48. The minimum absolute atomic E-state index is 0.200. The molecule has 3 rings (SSSR count). The van der Waals surface area contributed by atoms with E-state index in [-0.39, 0.29) is 12.1 Å². The number of hydrogen-bond acceptors (Lipinski definition) is 4. The summed E-state index contributed by atoms with van der Waals surface area (Å²) in [5.41, 5.74) is 0.726. The van der Waals surface area contributed by atoms with Crippen molar-refractivity contribution < 1.29 is 14.3 Å². The van der Waals surface area contributed by atoms with E-state index in [1.807, 2.05) is 0 Å². The van der Waals surface area contributed by atoms with E-state index in [0.29, 0.717) is 17.5 Å². The van der Waals surface area contributed by atoms with Crippen molar-refractivity contribution in [2.24, 2.45) is 5.92 Å². The van der Waals surface area contributed by atoms with E-state index in [1.54, 1.807) is 24.3 Å². The van der Waals surface area contributed by atoms with E-state index < -0.39 is 0 Å². The van der Waals surface area contributed by atoms with Crippen molar-refractivity contribution in [2.75, 3.05) is 51.4 Å². The Labute approximate surface area is 147 Å². The topological polar surface area (TPSA) is 62.8 Å². The molecule has 7 heteroatoms. The quantitative estimate of drug-likeness (QED) is 0.852. The van der Waals surface area contributed by atoms with Gasteiger partial charge in [0.05, 0.1) is 19.8 Å². The highest BCUT2D eigenvalue weighted by Crippen LogP contribution is 2.22. The molecule has 2 heterocycles. The van der Waals surface area contributed by atoms with Crippen molar-refractivity contribution in [2.45, 2.75) is 12.5 Å². The molecule has 1 aromatic rings. The Balaban J connectivity index is 1.53. The van der Waals surface area contributed by atoms with E-state index in [1.165, 1.54) is 0 Å². The van der Waals surface area contributed by atoms with Crippen molar-refractivity contribution in [3.05, 3.63) is 29.3 Å². The molecule has 2 aliphatic heterocycles. The first-order chi connectivity index (χ1) is 11.7. The Morgan fingerprint density at radius 3 is 2.62 bits per heavy atom. The summed E-state index contributed by atoms with van der Waals surface area (Å²) in [6.07, 6.45) is 1.04. The Morgan fingerprint density at radius 2 is 1.96 bits per heavy atom. The van der Waals surface area contributed by atoms with Gasteiger partial charge in [-0.05, 0) is 30.7 Å². The maximum absolute atomic E-state index is 12.2. The zero-order valence-corrected chi connectivity index (χ0v) is 14.4. The molecule has 0 spiro atoms. The number of urea groups is 1. The fourth-order valence-corrected chi connectivity index (χ4v) is 3.39. The van der Waals surface area contributed by atoms with Crippen LogP contribution < -0.4 is 10.6 Å². The average Bonchev–Trinajstić information content (AvgIpc) is 3.12. The summed E-state index contributed by atoms with van der Waals surface area (Å²) in [7, 11) is 0. The average molecular weight is 354 g/mol. The second-order valence-electron chi connectivity index (χ2n) is 6.18. The van der Waals surface area contributed by atoms with Crippen molar-refractivity contribution in [1.29, 1.82) is 0 Å². The molecule has 132 valence electrons. The first kappa shape index (κ1) is 17.5. The number of amides is 2. The Bertz CT molecular complexity index is 528. The number of carbonyl (C=O) groups excluding carboxylic acids is 1. The second kappa shape index (κ2) is 8.67. The van der Waals surface area contributed by atoms with Gasteiger partial charge in [-0.3, -0.25) is 4.90 Å². The lowest BCUT2D eigenvalue weighted by Crippen LogP contribution is -2.52. The summed E-state index contributed by atoms with van der Waals surface area (Å²) in [6, 6.07) is 7.16. The molecule has 2 unspecified atom stereocenters. The van der Waals surface area contributed by atoms with Gasteiger partial charge in [0.25, 0.3) is 0 Å². The highest BCUT2D eigenvalue weighted by atomic mass is 35.5. The third-order valence-electron chi connectivity index (χ3n) is 4.60. The van der Waals surface area contributed by atoms with Crippen LogP contribution in [0.4, 0.5) is 10.5 Å². The van der Waals surface area contributed by atoms with Crippen LogP contribution in [0.25, 0.3) is 0 Å². The Morgan fingerprint density at radius 1 is 1.21 bits per heavy atom. The predicted molar refractivity (Wildman–Crippen MR) is 93.6 cm³/mol. The molecule has 0 saturated carbocycles. The van der Waals surface area contributed by atoms with Gasteiger partial charge < -0.3 is 20.1 Å². The zero-order chi connectivity index (χ0) is 16.8. The summed E-state index contributed by atoms with van der Waals surface area (Å²) in [4.78, 5) is 14.6. The van der Waals surface area contributed by atoms with Gasteiger partial charge in [0.1, 0.15) is 0 Å². The Kier molecular flexibility index (Phi) is 6.31. The number of hydrogen-bond donors (Lipinski definition) is 2. The van der Waals surface area contributed by atoms with Crippen LogP contribution in [0.3, 0.4) is 0 Å². The third kappa shape index (κ3) is 4.83. The maximum atomic E-state index is 12.2. The number of benzene rings is 1. The van der Waals surface area contributed by atoms with Crippen LogP contribution in [0.5, 0.6) is 0 Å². The molecule has 2 fully saturated rings. The lowest BCUT2D eigenvalue weighted by molar-refractivity contribution is 0.00222. The molecule has 24 heavy (non-hydrogen) atoms. The minimum atomic E-state index is -0.200. The molecule has 6 nitrogen and oxygen atoms in total. The SMILES string of the molecule is O=C(NCC(C1CCOC1)N1CCOCC1)Nc1ccc(Cl)cc1. The second-order valence-corrected chi connectivity index (χ2v) is 6.62. The van der Waals surface area contributed by atoms with Gasteiger partial charge >= 0.3 is 6.03 Å². The van der Waals surface area contributed by atoms with Crippen LogP contribution in [-0.4, -0.2) is 63.0 Å². The van der Waals surface area contributed by atoms with Gasteiger partial charge in [-0.1, -0.05) is 11.6 Å². The summed E-state index contributed by atoms with van der Waals surface area (Å²) >= 11 is 5.85. The van der Waals surface area contributed by atoms with E-state index >= 15 is 0 Å². The van der Waals surface area contributed by atoms with Gasteiger partial charge in [-0.25, -0.2) is 4.79 Å². The molecule has 2 atom stereocenters. The number of rotatable bonds is 5. The fourth-order valence-electron chi connectivity index (χ4n) is 3.27. The summed E-state index contributed by atoms with van der Waals surface area (Å²) in [6.45, 7) is 5.49. The molecular formula is C17H24ClN3O3. The lowest BCUT2D eigenvalue weighted by atomic mass is 9.97. The van der Waals surface area contributed by atoms with Gasteiger partial charge in [-0.15, -0.1) is 0 Å². The molecule has 2 amide bonds. The highest BCUT2D eigenvalue weighted by molar-refractivity contribution is 6.30. The Hall–Kier alpha value is -1.34. The van der Waals surface area contributed by atoms with Gasteiger partial charge in [-0.2, -0.15) is 0 Å². The van der Waals surface area contributed by atoms with E-state index in [4.69, 9.17) is 21.1 Å². The molecule has 0 aromatic heterocycles. The van der Waals surface area contributed by atoms with Gasteiger partial charge in [0, 0.05) is 48.9 Å². The number of anilines is 1. The van der Waals surface area contributed by atoms with E-state index in [9.17, 15) is 4.79 Å².